The molecule has 6 nitrogen and oxygen atoms in total. The lowest BCUT2D eigenvalue weighted by atomic mass is 9.94. The number of benzene rings is 1. The van der Waals surface area contributed by atoms with Gasteiger partial charge in [0.2, 0.25) is 0 Å². The Kier molecular flexibility index (Phi) is 4.12. The number of carbonyl (C=O) groups is 2. The van der Waals surface area contributed by atoms with E-state index in [9.17, 15) is 19.7 Å². The normalized spacial score (nSPS) is 15.9. The molecule has 6 heteroatoms. The molecule has 0 spiro atoms. The summed E-state index contributed by atoms with van der Waals surface area (Å²) in [5, 5.41) is 13.8. The van der Waals surface area contributed by atoms with Crippen molar-refractivity contribution in [3.05, 3.63) is 39.4 Å². The lowest BCUT2D eigenvalue weighted by molar-refractivity contribution is -0.385. The van der Waals surface area contributed by atoms with Crippen molar-refractivity contribution in [1.29, 1.82) is 0 Å². The van der Waals surface area contributed by atoms with Crippen LogP contribution in [-0.4, -0.2) is 22.7 Å². The highest BCUT2D eigenvalue weighted by Crippen LogP contribution is 2.24. The minimum Gasteiger partial charge on any atom is -0.349 e. The Morgan fingerprint density at radius 3 is 2.60 bits per heavy atom. The molecular weight excluding hydrogens is 260 g/mol. The third kappa shape index (κ3) is 3.01. The van der Waals surface area contributed by atoms with Crippen LogP contribution in [0, 0.1) is 17.0 Å². The van der Waals surface area contributed by atoms with Gasteiger partial charge in [-0.1, -0.05) is 12.1 Å². The lowest BCUT2D eigenvalue weighted by Crippen LogP contribution is -2.38. The number of para-hydroxylation sites is 1. The van der Waals surface area contributed by atoms with E-state index in [1.54, 1.807) is 19.1 Å². The summed E-state index contributed by atoms with van der Waals surface area (Å²) in [6.07, 6.45) is 2.12. The van der Waals surface area contributed by atoms with Crippen molar-refractivity contribution in [2.24, 2.45) is 0 Å². The van der Waals surface area contributed by atoms with Gasteiger partial charge in [-0.3, -0.25) is 19.7 Å². The van der Waals surface area contributed by atoms with Gasteiger partial charge >= 0.3 is 0 Å². The summed E-state index contributed by atoms with van der Waals surface area (Å²) < 4.78 is 0. The molecule has 0 bridgehead atoms. The van der Waals surface area contributed by atoms with Crippen molar-refractivity contribution in [1.82, 2.24) is 5.32 Å². The molecule has 0 unspecified atom stereocenters. The van der Waals surface area contributed by atoms with Crippen LogP contribution in [0.4, 0.5) is 5.69 Å². The second-order valence-corrected chi connectivity index (χ2v) is 5.01. The first-order chi connectivity index (χ1) is 9.49. The summed E-state index contributed by atoms with van der Waals surface area (Å²) >= 11 is 0. The summed E-state index contributed by atoms with van der Waals surface area (Å²) in [4.78, 5) is 33.9. The number of ketones is 1. The summed E-state index contributed by atoms with van der Waals surface area (Å²) in [7, 11) is 0. The van der Waals surface area contributed by atoms with Gasteiger partial charge in [0.1, 0.15) is 11.3 Å². The molecular formula is C14H16N2O4. The summed E-state index contributed by atoms with van der Waals surface area (Å²) in [5.74, 6) is -0.239. The zero-order valence-corrected chi connectivity index (χ0v) is 11.2. The SMILES string of the molecule is Cc1cccc(C(=O)NC2CCC(=O)CC2)c1[N+](=O)[O-]. The number of aryl methyl sites for hydroxylation is 1. The number of Topliss-reactive ketones (excluding diaryl/α,β-unsaturated/α-hetero) is 1. The Labute approximate surface area is 116 Å². The van der Waals surface area contributed by atoms with Crippen LogP contribution in [0.25, 0.3) is 0 Å². The molecule has 1 N–H and O–H groups in total. The molecule has 0 aromatic heterocycles. The van der Waals surface area contributed by atoms with Crippen LogP contribution in [0.5, 0.6) is 0 Å². The predicted octanol–water partition coefficient (Wildman–Crippen LogP) is 2.14. The van der Waals surface area contributed by atoms with Crippen molar-refractivity contribution in [2.75, 3.05) is 0 Å². The largest absolute Gasteiger partial charge is 0.349 e. The minimum atomic E-state index is -0.533. The fourth-order valence-electron chi connectivity index (χ4n) is 2.43. The van der Waals surface area contributed by atoms with Gasteiger partial charge in [0.25, 0.3) is 11.6 Å². The quantitative estimate of drug-likeness (QED) is 0.676. The number of nitrogens with one attached hydrogen (secondary N) is 1. The molecule has 0 aliphatic heterocycles. The van der Waals surface area contributed by atoms with Gasteiger partial charge in [-0.05, 0) is 25.8 Å². The van der Waals surface area contributed by atoms with Gasteiger partial charge in [0, 0.05) is 24.4 Å². The van der Waals surface area contributed by atoms with Gasteiger partial charge in [-0.15, -0.1) is 0 Å². The number of hydrogen-bond acceptors (Lipinski definition) is 4. The van der Waals surface area contributed by atoms with Gasteiger partial charge in [0.15, 0.2) is 0 Å². The van der Waals surface area contributed by atoms with E-state index >= 15 is 0 Å². The highest BCUT2D eigenvalue weighted by atomic mass is 16.6. The molecule has 106 valence electrons. The number of rotatable bonds is 3. The zero-order chi connectivity index (χ0) is 14.7. The molecule has 0 heterocycles. The van der Waals surface area contributed by atoms with E-state index in [0.29, 0.717) is 31.2 Å². The molecule has 1 aliphatic rings. The first-order valence-corrected chi connectivity index (χ1v) is 6.55. The van der Waals surface area contributed by atoms with E-state index in [4.69, 9.17) is 0 Å². The Morgan fingerprint density at radius 2 is 2.00 bits per heavy atom. The number of carbonyl (C=O) groups excluding carboxylic acids is 2. The van der Waals surface area contributed by atoms with Crippen LogP contribution in [0.1, 0.15) is 41.6 Å². The molecule has 2 rings (SSSR count). The summed E-state index contributed by atoms with van der Waals surface area (Å²) in [5.41, 5.74) is 0.380. The van der Waals surface area contributed by atoms with Crippen molar-refractivity contribution in [2.45, 2.75) is 38.6 Å². The maximum Gasteiger partial charge on any atom is 0.285 e. The van der Waals surface area contributed by atoms with Crippen molar-refractivity contribution in [3.8, 4) is 0 Å². The number of nitro groups is 1. The highest BCUT2D eigenvalue weighted by molar-refractivity contribution is 5.99. The minimum absolute atomic E-state index is 0.0758. The molecule has 1 aromatic carbocycles. The smallest absolute Gasteiger partial charge is 0.285 e. The molecule has 20 heavy (non-hydrogen) atoms. The average Bonchev–Trinajstić information content (AvgIpc) is 2.40. The molecule has 1 aliphatic carbocycles. The Bertz CT molecular complexity index is 558. The van der Waals surface area contributed by atoms with E-state index in [0.717, 1.165) is 0 Å². The first-order valence-electron chi connectivity index (χ1n) is 6.55. The maximum atomic E-state index is 12.2. The maximum absolute atomic E-state index is 12.2. The molecule has 0 radical (unpaired) electrons. The molecule has 0 saturated heterocycles. The van der Waals surface area contributed by atoms with E-state index in [1.165, 1.54) is 6.07 Å². The number of hydrogen-bond donors (Lipinski definition) is 1. The summed E-state index contributed by atoms with van der Waals surface area (Å²) in [6.45, 7) is 1.61. The fraction of sp³-hybridized carbons (Fsp3) is 0.429. The van der Waals surface area contributed by atoms with Crippen molar-refractivity contribution in [3.63, 3.8) is 0 Å². The van der Waals surface area contributed by atoms with Crippen LogP contribution >= 0.6 is 0 Å². The molecule has 1 saturated carbocycles. The van der Waals surface area contributed by atoms with E-state index in [-0.39, 0.29) is 23.1 Å². The Hall–Kier alpha value is -2.24. The molecule has 1 aromatic rings. The Morgan fingerprint density at radius 1 is 1.35 bits per heavy atom. The second kappa shape index (κ2) is 5.81. The topological polar surface area (TPSA) is 89.3 Å². The predicted molar refractivity (Wildman–Crippen MR) is 72.6 cm³/mol. The molecule has 0 atom stereocenters. The van der Waals surface area contributed by atoms with Crippen LogP contribution in [0.2, 0.25) is 0 Å². The fourth-order valence-corrected chi connectivity index (χ4v) is 2.43. The number of nitro benzene ring substituents is 1. The van der Waals surface area contributed by atoms with E-state index in [1.807, 2.05) is 0 Å². The molecule has 1 amide bonds. The van der Waals surface area contributed by atoms with Crippen LogP contribution in [0.3, 0.4) is 0 Å². The van der Waals surface area contributed by atoms with Crippen LogP contribution in [-0.2, 0) is 4.79 Å². The summed E-state index contributed by atoms with van der Waals surface area (Å²) in [6, 6.07) is 4.60. The first kappa shape index (κ1) is 14.2. The monoisotopic (exact) mass is 276 g/mol. The van der Waals surface area contributed by atoms with E-state index < -0.39 is 10.8 Å². The van der Waals surface area contributed by atoms with Crippen molar-refractivity contribution < 1.29 is 14.5 Å². The third-order valence-corrected chi connectivity index (χ3v) is 3.54. The van der Waals surface area contributed by atoms with Crippen LogP contribution < -0.4 is 5.32 Å². The average molecular weight is 276 g/mol. The van der Waals surface area contributed by atoms with Gasteiger partial charge in [0.05, 0.1) is 4.92 Å². The van der Waals surface area contributed by atoms with Gasteiger partial charge in [-0.25, -0.2) is 0 Å². The van der Waals surface area contributed by atoms with Crippen LogP contribution in [0.15, 0.2) is 18.2 Å². The number of amides is 1. The lowest BCUT2D eigenvalue weighted by Gasteiger charge is -2.22. The van der Waals surface area contributed by atoms with Crippen molar-refractivity contribution >= 4 is 17.4 Å². The van der Waals surface area contributed by atoms with Gasteiger partial charge < -0.3 is 5.32 Å². The van der Waals surface area contributed by atoms with E-state index in [2.05, 4.69) is 5.32 Å². The third-order valence-electron chi connectivity index (χ3n) is 3.54. The standard InChI is InChI=1S/C14H16N2O4/c1-9-3-2-4-12(13(9)16(19)20)14(18)15-10-5-7-11(17)8-6-10/h2-4,10H,5-8H2,1H3,(H,15,18). The number of nitrogens with zero attached hydrogens (tertiary/aromatic N) is 1. The Balaban J connectivity index is 2.15. The molecule has 1 fully saturated rings. The second-order valence-electron chi connectivity index (χ2n) is 5.01. The highest BCUT2D eigenvalue weighted by Gasteiger charge is 2.26. The zero-order valence-electron chi connectivity index (χ0n) is 11.2. The van der Waals surface area contributed by atoms with Gasteiger partial charge in [-0.2, -0.15) is 0 Å².